The average Bonchev–Trinajstić information content (AvgIpc) is 2.56. The largest absolute Gasteiger partial charge is 0.394 e. The topological polar surface area (TPSA) is 52.7 Å². The molecule has 2 aliphatic rings. The van der Waals surface area contributed by atoms with E-state index in [9.17, 15) is 0 Å². The quantitative estimate of drug-likeness (QED) is 0.757. The van der Waals surface area contributed by atoms with Crippen LogP contribution >= 0.6 is 0 Å². The summed E-state index contributed by atoms with van der Waals surface area (Å²) in [5.41, 5.74) is 5.57. The van der Waals surface area contributed by atoms with Crippen LogP contribution in [-0.4, -0.2) is 65.8 Å². The second-order valence-electron chi connectivity index (χ2n) is 6.56. The van der Waals surface area contributed by atoms with E-state index in [1.807, 2.05) is 6.92 Å². The van der Waals surface area contributed by atoms with E-state index < -0.39 is 5.54 Å². The van der Waals surface area contributed by atoms with Crippen LogP contribution in [0.15, 0.2) is 0 Å². The van der Waals surface area contributed by atoms with Gasteiger partial charge in [0.1, 0.15) is 0 Å². The lowest BCUT2D eigenvalue weighted by molar-refractivity contribution is 0.182. The van der Waals surface area contributed by atoms with Gasteiger partial charge in [-0.25, -0.2) is 0 Å². The molecule has 106 valence electrons. The van der Waals surface area contributed by atoms with Crippen molar-refractivity contribution in [2.45, 2.75) is 56.7 Å². The molecule has 0 spiro atoms. The van der Waals surface area contributed by atoms with Gasteiger partial charge >= 0.3 is 0 Å². The molecular weight excluding hydrogens is 226 g/mol. The maximum Gasteiger partial charge on any atom is 0.0608 e. The monoisotopic (exact) mass is 255 g/mol. The summed E-state index contributed by atoms with van der Waals surface area (Å²) in [7, 11) is 2.29. The van der Waals surface area contributed by atoms with Gasteiger partial charge in [0.2, 0.25) is 0 Å². The zero-order valence-electron chi connectivity index (χ0n) is 11.9. The van der Waals surface area contributed by atoms with E-state index >= 15 is 0 Å². The summed E-state index contributed by atoms with van der Waals surface area (Å²) in [5, 5.41) is 9.15. The molecule has 3 atom stereocenters. The highest BCUT2D eigenvalue weighted by Gasteiger charge is 2.34. The molecule has 3 unspecified atom stereocenters. The number of rotatable bonds is 5. The molecule has 2 saturated heterocycles. The second kappa shape index (κ2) is 5.87. The van der Waals surface area contributed by atoms with Gasteiger partial charge in [-0.05, 0) is 59.2 Å². The normalized spacial score (nSPS) is 33.3. The van der Waals surface area contributed by atoms with Gasteiger partial charge in [0, 0.05) is 24.2 Å². The van der Waals surface area contributed by atoms with Crippen LogP contribution in [0.2, 0.25) is 0 Å². The fraction of sp³-hybridized carbons (Fsp3) is 1.00. The van der Waals surface area contributed by atoms with Gasteiger partial charge < -0.3 is 15.7 Å². The number of hydrogen-bond acceptors (Lipinski definition) is 4. The van der Waals surface area contributed by atoms with E-state index in [0.29, 0.717) is 0 Å². The number of fused-ring (bicyclic) bond motifs is 2. The van der Waals surface area contributed by atoms with Gasteiger partial charge in [-0.1, -0.05) is 0 Å². The number of likely N-dealkylation sites (N-methyl/N-ethyl adjacent to an activating group) is 1. The van der Waals surface area contributed by atoms with E-state index in [1.54, 1.807) is 0 Å². The third kappa shape index (κ3) is 3.44. The van der Waals surface area contributed by atoms with Crippen molar-refractivity contribution in [3.05, 3.63) is 0 Å². The Bertz CT molecular complexity index is 270. The predicted octanol–water partition coefficient (Wildman–Crippen LogP) is 0.645. The molecule has 2 bridgehead atoms. The minimum Gasteiger partial charge on any atom is -0.394 e. The summed E-state index contributed by atoms with van der Waals surface area (Å²) >= 11 is 0. The van der Waals surface area contributed by atoms with Crippen molar-refractivity contribution in [2.24, 2.45) is 5.73 Å². The van der Waals surface area contributed by atoms with Crippen LogP contribution < -0.4 is 5.73 Å². The van der Waals surface area contributed by atoms with Crippen LogP contribution in [0.1, 0.15) is 39.0 Å². The molecule has 0 aromatic carbocycles. The van der Waals surface area contributed by atoms with Crippen molar-refractivity contribution in [1.82, 2.24) is 9.80 Å². The first-order valence-corrected chi connectivity index (χ1v) is 7.36. The van der Waals surface area contributed by atoms with Crippen molar-refractivity contribution in [2.75, 3.05) is 33.3 Å². The average molecular weight is 255 g/mol. The highest BCUT2D eigenvalue weighted by molar-refractivity contribution is 4.91. The fourth-order valence-corrected chi connectivity index (χ4v) is 3.37. The summed E-state index contributed by atoms with van der Waals surface area (Å²) in [5.74, 6) is 0. The molecule has 0 saturated carbocycles. The Morgan fingerprint density at radius 3 is 2.72 bits per heavy atom. The third-order valence-corrected chi connectivity index (χ3v) is 4.82. The number of aliphatic hydroxyl groups is 1. The fourth-order valence-electron chi connectivity index (χ4n) is 3.37. The first kappa shape index (κ1) is 14.3. The smallest absolute Gasteiger partial charge is 0.0608 e. The summed E-state index contributed by atoms with van der Waals surface area (Å²) in [6.45, 7) is 5.59. The molecule has 0 radical (unpaired) electrons. The number of nitrogens with zero attached hydrogens (tertiary/aromatic N) is 2. The maximum atomic E-state index is 9.15. The molecule has 0 aliphatic carbocycles. The van der Waals surface area contributed by atoms with Gasteiger partial charge in [0.25, 0.3) is 0 Å². The number of aliphatic hydroxyl groups excluding tert-OH is 1. The molecule has 0 aromatic heterocycles. The molecule has 0 aromatic rings. The Balaban J connectivity index is 1.74. The second-order valence-corrected chi connectivity index (χ2v) is 6.56. The number of nitrogens with two attached hydrogens (primary N) is 1. The Kier molecular flexibility index (Phi) is 4.64. The highest BCUT2D eigenvalue weighted by atomic mass is 16.3. The Morgan fingerprint density at radius 1 is 1.28 bits per heavy atom. The summed E-state index contributed by atoms with van der Waals surface area (Å²) in [6.07, 6.45) is 6.06. The number of likely N-dealkylation sites (tertiary alicyclic amines) is 1. The zero-order chi connectivity index (χ0) is 13.2. The van der Waals surface area contributed by atoms with Gasteiger partial charge in [0.15, 0.2) is 0 Å². The molecule has 4 nitrogen and oxygen atoms in total. The van der Waals surface area contributed by atoms with Crippen molar-refractivity contribution in [3.63, 3.8) is 0 Å². The molecule has 0 amide bonds. The Morgan fingerprint density at radius 2 is 2.00 bits per heavy atom. The van der Waals surface area contributed by atoms with Crippen LogP contribution in [0.25, 0.3) is 0 Å². The maximum absolute atomic E-state index is 9.15. The highest BCUT2D eigenvalue weighted by Crippen LogP contribution is 2.28. The first-order valence-electron chi connectivity index (χ1n) is 7.36. The Labute approximate surface area is 111 Å². The van der Waals surface area contributed by atoms with Crippen molar-refractivity contribution < 1.29 is 5.11 Å². The van der Waals surface area contributed by atoms with Crippen LogP contribution in [0.3, 0.4) is 0 Å². The predicted molar refractivity (Wildman–Crippen MR) is 74.5 cm³/mol. The van der Waals surface area contributed by atoms with Gasteiger partial charge in [-0.2, -0.15) is 0 Å². The van der Waals surface area contributed by atoms with Gasteiger partial charge in [-0.15, -0.1) is 0 Å². The first-order chi connectivity index (χ1) is 8.52. The molecule has 4 heteroatoms. The lowest BCUT2D eigenvalue weighted by Gasteiger charge is -2.27. The van der Waals surface area contributed by atoms with Crippen molar-refractivity contribution in [3.8, 4) is 0 Å². The van der Waals surface area contributed by atoms with E-state index in [2.05, 4.69) is 16.8 Å². The SMILES string of the molecule is CN1C2CCC1CN(CCCC(C)(N)CO)CC2. The van der Waals surface area contributed by atoms with Gasteiger partial charge in [0.05, 0.1) is 6.61 Å². The number of hydrogen-bond donors (Lipinski definition) is 2. The van der Waals surface area contributed by atoms with E-state index in [1.165, 1.54) is 32.4 Å². The van der Waals surface area contributed by atoms with Gasteiger partial charge in [-0.3, -0.25) is 4.90 Å². The minimum atomic E-state index is -0.401. The third-order valence-electron chi connectivity index (χ3n) is 4.82. The van der Waals surface area contributed by atoms with Crippen LogP contribution in [0.4, 0.5) is 0 Å². The zero-order valence-corrected chi connectivity index (χ0v) is 11.9. The van der Waals surface area contributed by atoms with Crippen LogP contribution in [0, 0.1) is 0 Å². The minimum absolute atomic E-state index is 0.0838. The molecule has 2 aliphatic heterocycles. The van der Waals surface area contributed by atoms with Crippen LogP contribution in [0.5, 0.6) is 0 Å². The molecule has 18 heavy (non-hydrogen) atoms. The van der Waals surface area contributed by atoms with Crippen LogP contribution in [-0.2, 0) is 0 Å². The molecular formula is C14H29N3O. The van der Waals surface area contributed by atoms with E-state index in [4.69, 9.17) is 10.8 Å². The van der Waals surface area contributed by atoms with E-state index in [-0.39, 0.29) is 6.61 Å². The van der Waals surface area contributed by atoms with E-state index in [0.717, 1.165) is 31.5 Å². The molecule has 2 rings (SSSR count). The van der Waals surface area contributed by atoms with Crippen molar-refractivity contribution in [1.29, 1.82) is 0 Å². The van der Waals surface area contributed by atoms with Crippen molar-refractivity contribution >= 4 is 0 Å². The molecule has 2 heterocycles. The standard InChI is InChI=1S/C14H29N3O/c1-14(15,11-18)7-3-8-17-9-6-12-4-5-13(10-17)16(12)2/h12-13,18H,3-11,15H2,1-2H3. The Hall–Kier alpha value is -0.160. The lowest BCUT2D eigenvalue weighted by Crippen LogP contribution is -2.41. The molecule has 2 fully saturated rings. The lowest BCUT2D eigenvalue weighted by atomic mass is 9.98. The summed E-state index contributed by atoms with van der Waals surface area (Å²) < 4.78 is 0. The summed E-state index contributed by atoms with van der Waals surface area (Å²) in [6, 6.07) is 1.58. The summed E-state index contributed by atoms with van der Waals surface area (Å²) in [4.78, 5) is 5.18. The molecule has 3 N–H and O–H groups in total.